The molecule has 0 atom stereocenters. The summed E-state index contributed by atoms with van der Waals surface area (Å²) in [4.78, 5) is 113. The van der Waals surface area contributed by atoms with Crippen LogP contribution in [0.5, 0.6) is 0 Å². The molecule has 4 saturated carbocycles. The number of rotatable bonds is 37. The molecule has 0 N–H and O–H groups in total. The Bertz CT molecular complexity index is 1940. The standard InChI is InChI=1S/C22H40N2O2.C21H42N2O2.C19H34N2O2.C17H34N2O2/c1-23(21(25)19-13-7-5-8-14-19)17-11-3-4-12-18-24(2)22(26)20-15-9-6-10-16-20;1-5-9-11-13-16-20(24)22(7-3)18-15-19-23(8-4)21(25)17-14-12-10-6-2;1-20(18(22)16-10-5-3-6-11-16)14-9-15-21(2)19(23)17-12-7-4-8-13-17;1-16(2,3)12-14(20)18(7)10-9-11-19(8)15(21)13-17(4,5)6/h19-20H,3-18H2,1-2H3;5-19H2,1-4H3;16-17H,3-15H2,1-2H3;9-13H2,1-8H3. The molecule has 0 aromatic rings. The predicted molar refractivity (Wildman–Crippen MR) is 395 cm³/mol. The fourth-order valence-electron chi connectivity index (χ4n) is 13.7. The van der Waals surface area contributed by atoms with Gasteiger partial charge in [-0.05, 0) is 121 Å². The lowest BCUT2D eigenvalue weighted by Crippen LogP contribution is -2.38. The van der Waals surface area contributed by atoms with Gasteiger partial charge in [0.1, 0.15) is 0 Å². The Morgan fingerprint density at radius 2 is 0.505 bits per heavy atom. The molecule has 4 aliphatic rings. The molecule has 0 radical (unpaired) electrons. The van der Waals surface area contributed by atoms with Crippen LogP contribution in [-0.4, -0.2) is 194 Å². The monoisotopic (exact) mass is 1340 g/mol. The molecular formula is C79H150N8O8. The zero-order chi connectivity index (χ0) is 71.2. The van der Waals surface area contributed by atoms with Crippen molar-refractivity contribution in [2.24, 2.45) is 34.5 Å². The largest absolute Gasteiger partial charge is 0.346 e. The van der Waals surface area contributed by atoms with Crippen LogP contribution in [0.1, 0.15) is 320 Å². The first kappa shape index (κ1) is 88.8. The number of hydrogen-bond donors (Lipinski definition) is 0. The average molecular weight is 1340 g/mol. The predicted octanol–water partition coefficient (Wildman–Crippen LogP) is 16.3. The summed E-state index contributed by atoms with van der Waals surface area (Å²) in [6.45, 7) is 28.6. The van der Waals surface area contributed by atoms with E-state index in [4.69, 9.17) is 0 Å². The van der Waals surface area contributed by atoms with Crippen LogP contribution in [0.3, 0.4) is 0 Å². The van der Waals surface area contributed by atoms with Gasteiger partial charge in [-0.3, -0.25) is 38.4 Å². The number of amides is 8. The fourth-order valence-corrected chi connectivity index (χ4v) is 13.7. The highest BCUT2D eigenvalue weighted by atomic mass is 16.2. The summed E-state index contributed by atoms with van der Waals surface area (Å²) in [5, 5.41) is 0. The number of carbonyl (C=O) groups is 8. The molecule has 0 spiro atoms. The van der Waals surface area contributed by atoms with Gasteiger partial charge >= 0.3 is 0 Å². The first-order valence-electron chi connectivity index (χ1n) is 39.1. The van der Waals surface area contributed by atoms with Crippen LogP contribution in [0, 0.1) is 34.5 Å². The quantitative estimate of drug-likeness (QED) is 0.0555. The van der Waals surface area contributed by atoms with Crippen molar-refractivity contribution in [1.29, 1.82) is 0 Å². The van der Waals surface area contributed by atoms with E-state index in [1.165, 1.54) is 103 Å². The maximum absolute atomic E-state index is 12.4. The molecule has 95 heavy (non-hydrogen) atoms. The highest BCUT2D eigenvalue weighted by molar-refractivity contribution is 5.81. The van der Waals surface area contributed by atoms with E-state index in [0.717, 1.165) is 174 Å². The second-order valence-corrected chi connectivity index (χ2v) is 31.5. The van der Waals surface area contributed by atoms with Gasteiger partial charge < -0.3 is 39.2 Å². The van der Waals surface area contributed by atoms with Crippen molar-refractivity contribution in [3.63, 3.8) is 0 Å². The summed E-state index contributed by atoms with van der Waals surface area (Å²) in [5.74, 6) is 3.30. The minimum absolute atomic E-state index is 0.0187. The van der Waals surface area contributed by atoms with Crippen molar-refractivity contribution < 1.29 is 38.4 Å². The van der Waals surface area contributed by atoms with Crippen LogP contribution in [-0.2, 0) is 38.4 Å². The number of nitrogens with zero attached hydrogens (tertiary/aromatic N) is 8. The smallest absolute Gasteiger partial charge is 0.225 e. The van der Waals surface area contributed by atoms with E-state index in [-0.39, 0.29) is 58.1 Å². The molecule has 0 aromatic heterocycles. The molecule has 8 amide bonds. The zero-order valence-corrected chi connectivity index (χ0v) is 64.8. The first-order chi connectivity index (χ1) is 45.1. The van der Waals surface area contributed by atoms with E-state index in [1.54, 1.807) is 9.80 Å². The van der Waals surface area contributed by atoms with E-state index < -0.39 is 0 Å². The Kier molecular flexibility index (Phi) is 48.5. The summed E-state index contributed by atoms with van der Waals surface area (Å²) in [7, 11) is 11.4. The Morgan fingerprint density at radius 3 is 0.747 bits per heavy atom. The third-order valence-corrected chi connectivity index (χ3v) is 20.1. The molecule has 4 rings (SSSR count). The lowest BCUT2D eigenvalue weighted by molar-refractivity contribution is -0.136. The molecule has 16 heteroatoms. The molecule has 4 fully saturated rings. The third kappa shape index (κ3) is 41.7. The summed E-state index contributed by atoms with van der Waals surface area (Å²) in [6.07, 6.45) is 42.0. The highest BCUT2D eigenvalue weighted by Crippen LogP contribution is 2.29. The minimum atomic E-state index is 0.0187. The van der Waals surface area contributed by atoms with Crippen LogP contribution in [0.4, 0.5) is 0 Å². The molecule has 0 aliphatic heterocycles. The maximum atomic E-state index is 12.4. The molecular weight excluding hydrogens is 1190 g/mol. The first-order valence-corrected chi connectivity index (χ1v) is 39.1. The molecule has 4 aliphatic carbocycles. The van der Waals surface area contributed by atoms with E-state index in [1.807, 2.05) is 85.5 Å². The number of carbonyl (C=O) groups excluding carboxylic acids is 8. The molecule has 0 heterocycles. The Hall–Kier alpha value is -4.24. The molecule has 554 valence electrons. The maximum Gasteiger partial charge on any atom is 0.225 e. The third-order valence-electron chi connectivity index (χ3n) is 20.1. The van der Waals surface area contributed by atoms with Crippen LogP contribution in [0.15, 0.2) is 0 Å². The van der Waals surface area contributed by atoms with Gasteiger partial charge in [-0.25, -0.2) is 0 Å². The highest BCUT2D eigenvalue weighted by Gasteiger charge is 2.29. The van der Waals surface area contributed by atoms with Crippen LogP contribution in [0.25, 0.3) is 0 Å². The van der Waals surface area contributed by atoms with Gasteiger partial charge in [0, 0.05) is 157 Å². The normalized spacial score (nSPS) is 15.7. The topological polar surface area (TPSA) is 162 Å². The van der Waals surface area contributed by atoms with Crippen molar-refractivity contribution in [3.05, 3.63) is 0 Å². The molecule has 0 unspecified atom stereocenters. The van der Waals surface area contributed by atoms with Gasteiger partial charge in [0.25, 0.3) is 0 Å². The lowest BCUT2D eigenvalue weighted by atomic mass is 9.88. The van der Waals surface area contributed by atoms with Crippen molar-refractivity contribution >= 4 is 47.3 Å². The summed E-state index contributed by atoms with van der Waals surface area (Å²) in [6, 6.07) is 0. The Balaban J connectivity index is 0.000000635. The average Bonchev–Trinajstić information content (AvgIpc) is 1.58. The van der Waals surface area contributed by atoms with Crippen LogP contribution < -0.4 is 0 Å². The van der Waals surface area contributed by atoms with E-state index >= 15 is 0 Å². The summed E-state index contributed by atoms with van der Waals surface area (Å²) >= 11 is 0. The van der Waals surface area contributed by atoms with Crippen molar-refractivity contribution in [3.8, 4) is 0 Å². The minimum Gasteiger partial charge on any atom is -0.346 e. The Morgan fingerprint density at radius 1 is 0.274 bits per heavy atom. The van der Waals surface area contributed by atoms with Crippen LogP contribution in [0.2, 0.25) is 0 Å². The van der Waals surface area contributed by atoms with E-state index in [0.29, 0.717) is 62.4 Å². The molecule has 0 aromatic carbocycles. The van der Waals surface area contributed by atoms with Gasteiger partial charge in [-0.2, -0.15) is 0 Å². The van der Waals surface area contributed by atoms with Gasteiger partial charge in [-0.1, -0.05) is 184 Å². The SMILES string of the molecule is CCCCCCC(=O)N(CC)CCCN(CC)C(=O)CCCCCC.CN(CCCCCCN(C)C(=O)C1CCCCC1)C(=O)C1CCCCC1.CN(CCCN(C)C(=O)C1CCCCC1)C(=O)C1CCCCC1.CN(CCCN(C)C(=O)CC(C)(C)C)C(=O)CC(C)(C)C. The zero-order valence-electron chi connectivity index (χ0n) is 64.8. The molecule has 0 saturated heterocycles. The molecule has 0 bridgehead atoms. The second-order valence-electron chi connectivity index (χ2n) is 31.5. The lowest BCUT2D eigenvalue weighted by Gasteiger charge is -2.28. The Labute approximate surface area is 584 Å². The second kappa shape index (κ2) is 51.9. The van der Waals surface area contributed by atoms with Crippen LogP contribution >= 0.6 is 0 Å². The van der Waals surface area contributed by atoms with Crippen molar-refractivity contribution in [2.45, 2.75) is 320 Å². The van der Waals surface area contributed by atoms with Crippen molar-refractivity contribution in [2.75, 3.05) is 108 Å². The van der Waals surface area contributed by atoms with Gasteiger partial charge in [0.15, 0.2) is 0 Å². The number of unbranched alkanes of at least 4 members (excludes halogenated alkanes) is 9. The fraction of sp³-hybridized carbons (Fsp3) is 0.899. The number of hydrogen-bond acceptors (Lipinski definition) is 8. The summed E-state index contributed by atoms with van der Waals surface area (Å²) < 4.78 is 0. The van der Waals surface area contributed by atoms with Gasteiger partial charge in [0.2, 0.25) is 47.3 Å². The molecule has 16 nitrogen and oxygen atoms in total. The van der Waals surface area contributed by atoms with E-state index in [9.17, 15) is 38.4 Å². The summed E-state index contributed by atoms with van der Waals surface area (Å²) in [5.41, 5.74) is 0.0373. The van der Waals surface area contributed by atoms with Gasteiger partial charge in [0.05, 0.1) is 0 Å². The van der Waals surface area contributed by atoms with E-state index in [2.05, 4.69) is 55.4 Å². The van der Waals surface area contributed by atoms with Gasteiger partial charge in [-0.15, -0.1) is 0 Å². The van der Waals surface area contributed by atoms with Crippen molar-refractivity contribution in [1.82, 2.24) is 39.2 Å².